The molecule has 0 bridgehead atoms. The van der Waals surface area contributed by atoms with E-state index in [1.807, 2.05) is 35.2 Å². The number of hydrogen-bond acceptors (Lipinski definition) is 3. The van der Waals surface area contributed by atoms with Gasteiger partial charge in [-0.15, -0.1) is 0 Å². The Morgan fingerprint density at radius 3 is 2.46 bits per heavy atom. The monoisotopic (exact) mass is 349 g/mol. The molecule has 134 valence electrons. The maximum atomic E-state index is 12.7. The minimum absolute atomic E-state index is 0.141. The van der Waals surface area contributed by atoms with Gasteiger partial charge in [0, 0.05) is 6.54 Å². The van der Waals surface area contributed by atoms with Crippen LogP contribution in [0.2, 0.25) is 19.6 Å². The third-order valence-electron chi connectivity index (χ3n) is 4.13. The predicted octanol–water partition coefficient (Wildman–Crippen LogP) is 5.16. The SMILES string of the molecule is C[Si](C)(C)OC1CCCCCCCN1C(=O)OCc1ccccc1. The maximum Gasteiger partial charge on any atom is 0.412 e. The highest BCUT2D eigenvalue weighted by atomic mass is 28.4. The van der Waals surface area contributed by atoms with Crippen LogP contribution in [0.3, 0.4) is 0 Å². The molecule has 1 amide bonds. The fourth-order valence-corrected chi connectivity index (χ4v) is 4.03. The van der Waals surface area contributed by atoms with E-state index in [1.54, 1.807) is 0 Å². The molecule has 5 heteroatoms. The van der Waals surface area contributed by atoms with Crippen molar-refractivity contribution in [2.45, 2.75) is 71.0 Å². The van der Waals surface area contributed by atoms with Crippen molar-refractivity contribution in [3.8, 4) is 0 Å². The molecule has 0 radical (unpaired) electrons. The van der Waals surface area contributed by atoms with E-state index < -0.39 is 8.32 Å². The summed E-state index contributed by atoms with van der Waals surface area (Å²) >= 11 is 0. The molecule has 1 aromatic rings. The normalized spacial score (nSPS) is 20.0. The molecule has 1 saturated heterocycles. The molecule has 1 aliphatic rings. The summed E-state index contributed by atoms with van der Waals surface area (Å²) in [6.07, 6.45) is 6.28. The van der Waals surface area contributed by atoms with Gasteiger partial charge in [-0.25, -0.2) is 4.79 Å². The number of ether oxygens (including phenoxy) is 1. The lowest BCUT2D eigenvalue weighted by Crippen LogP contribution is -2.47. The minimum Gasteiger partial charge on any atom is -0.444 e. The second kappa shape index (κ2) is 9.23. The first-order chi connectivity index (χ1) is 11.5. The largest absolute Gasteiger partial charge is 0.444 e. The molecule has 1 unspecified atom stereocenters. The molecule has 0 saturated carbocycles. The van der Waals surface area contributed by atoms with Crippen LogP contribution < -0.4 is 0 Å². The summed E-state index contributed by atoms with van der Waals surface area (Å²) in [5.41, 5.74) is 1.01. The Morgan fingerprint density at radius 1 is 1.08 bits per heavy atom. The molecule has 1 fully saturated rings. The lowest BCUT2D eigenvalue weighted by atomic mass is 10.1. The molecule has 1 aliphatic heterocycles. The Morgan fingerprint density at radius 2 is 1.75 bits per heavy atom. The first-order valence-corrected chi connectivity index (χ1v) is 12.5. The summed E-state index contributed by atoms with van der Waals surface area (Å²) in [6, 6.07) is 9.83. The van der Waals surface area contributed by atoms with Crippen molar-refractivity contribution in [1.82, 2.24) is 4.90 Å². The molecule has 2 rings (SSSR count). The van der Waals surface area contributed by atoms with Gasteiger partial charge in [-0.2, -0.15) is 0 Å². The van der Waals surface area contributed by atoms with Crippen LogP contribution in [0.4, 0.5) is 4.79 Å². The number of carbonyl (C=O) groups excluding carboxylic acids is 1. The topological polar surface area (TPSA) is 38.8 Å². The fourth-order valence-electron chi connectivity index (χ4n) is 2.97. The molecule has 0 spiro atoms. The Bertz CT molecular complexity index is 501. The van der Waals surface area contributed by atoms with Crippen molar-refractivity contribution >= 4 is 14.4 Å². The Kier molecular flexibility index (Phi) is 7.31. The van der Waals surface area contributed by atoms with E-state index in [0.29, 0.717) is 6.61 Å². The van der Waals surface area contributed by atoms with E-state index in [9.17, 15) is 4.79 Å². The van der Waals surface area contributed by atoms with Crippen LogP contribution in [-0.2, 0) is 15.8 Å². The molecule has 0 N–H and O–H groups in total. The molecule has 4 nitrogen and oxygen atoms in total. The van der Waals surface area contributed by atoms with Gasteiger partial charge >= 0.3 is 6.09 Å². The summed E-state index contributed by atoms with van der Waals surface area (Å²) < 4.78 is 11.9. The molecule has 1 atom stereocenters. The second-order valence-corrected chi connectivity index (χ2v) is 11.9. The first kappa shape index (κ1) is 19.0. The molecule has 24 heavy (non-hydrogen) atoms. The Labute approximate surface area is 147 Å². The average Bonchev–Trinajstić information content (AvgIpc) is 2.64. The van der Waals surface area contributed by atoms with E-state index in [0.717, 1.165) is 31.4 Å². The summed E-state index contributed by atoms with van der Waals surface area (Å²) in [5, 5.41) is 0. The van der Waals surface area contributed by atoms with Gasteiger partial charge < -0.3 is 9.16 Å². The number of amides is 1. The van der Waals surface area contributed by atoms with Gasteiger partial charge in [-0.3, -0.25) is 4.90 Å². The van der Waals surface area contributed by atoms with Gasteiger partial charge in [0.05, 0.1) is 0 Å². The van der Waals surface area contributed by atoms with Crippen LogP contribution in [0.5, 0.6) is 0 Å². The molecule has 0 aliphatic carbocycles. The van der Waals surface area contributed by atoms with Gasteiger partial charge in [0.15, 0.2) is 8.32 Å². The van der Waals surface area contributed by atoms with Crippen LogP contribution in [0, 0.1) is 0 Å². The number of nitrogens with zero attached hydrogens (tertiary/aromatic N) is 1. The van der Waals surface area contributed by atoms with Crippen LogP contribution in [0.25, 0.3) is 0 Å². The highest BCUT2D eigenvalue weighted by Crippen LogP contribution is 2.22. The van der Waals surface area contributed by atoms with Crippen molar-refractivity contribution in [3.63, 3.8) is 0 Å². The first-order valence-electron chi connectivity index (χ1n) is 9.11. The highest BCUT2D eigenvalue weighted by molar-refractivity contribution is 6.69. The van der Waals surface area contributed by atoms with Crippen LogP contribution in [0.15, 0.2) is 30.3 Å². The lowest BCUT2D eigenvalue weighted by Gasteiger charge is -2.35. The fraction of sp³-hybridized carbons (Fsp3) is 0.632. The van der Waals surface area contributed by atoms with Gasteiger partial charge in [-0.1, -0.05) is 49.6 Å². The zero-order chi connectivity index (χ0) is 17.4. The molecule has 0 aromatic heterocycles. The number of rotatable bonds is 4. The Hall–Kier alpha value is -1.33. The zero-order valence-corrected chi connectivity index (χ0v) is 16.3. The van der Waals surface area contributed by atoms with Crippen molar-refractivity contribution in [1.29, 1.82) is 0 Å². The standard InChI is InChI=1S/C19H31NO3Si/c1-24(2,3)23-18-14-10-5-4-6-11-15-20(18)19(21)22-16-17-12-8-7-9-13-17/h7-9,12-13,18H,4-6,10-11,14-16H2,1-3H3. The van der Waals surface area contributed by atoms with Gasteiger partial charge in [-0.05, 0) is 44.5 Å². The van der Waals surface area contributed by atoms with Gasteiger partial charge in [0.1, 0.15) is 12.8 Å². The summed E-state index contributed by atoms with van der Waals surface area (Å²) in [5.74, 6) is 0. The van der Waals surface area contributed by atoms with E-state index in [2.05, 4.69) is 19.6 Å². The van der Waals surface area contributed by atoms with Gasteiger partial charge in [0.25, 0.3) is 0 Å². The van der Waals surface area contributed by atoms with Crippen molar-refractivity contribution in [2.75, 3.05) is 6.54 Å². The van der Waals surface area contributed by atoms with E-state index >= 15 is 0 Å². The quantitative estimate of drug-likeness (QED) is 0.705. The van der Waals surface area contributed by atoms with Crippen molar-refractivity contribution in [3.05, 3.63) is 35.9 Å². The van der Waals surface area contributed by atoms with E-state index in [4.69, 9.17) is 9.16 Å². The summed E-state index contributed by atoms with van der Waals surface area (Å²) in [4.78, 5) is 14.5. The molecular weight excluding hydrogens is 318 g/mol. The Balaban J connectivity index is 2.02. The summed E-state index contributed by atoms with van der Waals surface area (Å²) in [7, 11) is -1.72. The van der Waals surface area contributed by atoms with Crippen LogP contribution in [-0.4, -0.2) is 32.1 Å². The van der Waals surface area contributed by atoms with Crippen LogP contribution >= 0.6 is 0 Å². The number of carbonyl (C=O) groups is 1. The van der Waals surface area contributed by atoms with E-state index in [1.165, 1.54) is 19.3 Å². The highest BCUT2D eigenvalue weighted by Gasteiger charge is 2.30. The third kappa shape index (κ3) is 6.65. The van der Waals surface area contributed by atoms with Crippen molar-refractivity contribution in [2.24, 2.45) is 0 Å². The minimum atomic E-state index is -1.72. The molecular formula is C19H31NO3Si. The smallest absolute Gasteiger partial charge is 0.412 e. The third-order valence-corrected chi connectivity index (χ3v) is 5.11. The molecule has 1 aromatic carbocycles. The zero-order valence-electron chi connectivity index (χ0n) is 15.3. The average molecular weight is 350 g/mol. The summed E-state index contributed by atoms with van der Waals surface area (Å²) in [6.45, 7) is 7.56. The van der Waals surface area contributed by atoms with Crippen molar-refractivity contribution < 1.29 is 14.0 Å². The number of benzene rings is 1. The van der Waals surface area contributed by atoms with Crippen LogP contribution in [0.1, 0.15) is 44.1 Å². The second-order valence-electron chi connectivity index (χ2n) is 7.47. The molecule has 1 heterocycles. The lowest BCUT2D eigenvalue weighted by molar-refractivity contribution is 0.00316. The number of hydrogen-bond donors (Lipinski definition) is 0. The maximum absolute atomic E-state index is 12.7. The predicted molar refractivity (Wildman–Crippen MR) is 99.3 cm³/mol. The van der Waals surface area contributed by atoms with E-state index in [-0.39, 0.29) is 12.3 Å². The van der Waals surface area contributed by atoms with Gasteiger partial charge in [0.2, 0.25) is 0 Å².